The first-order valence-corrected chi connectivity index (χ1v) is 7.96. The Bertz CT molecular complexity index is 236. The lowest BCUT2D eigenvalue weighted by molar-refractivity contribution is -0.119. The zero-order valence-corrected chi connectivity index (χ0v) is 11.3. The van der Waals surface area contributed by atoms with Crippen molar-refractivity contribution in [2.24, 2.45) is 5.92 Å². The van der Waals surface area contributed by atoms with E-state index in [0.717, 1.165) is 31.1 Å². The minimum atomic E-state index is 0.170. The fourth-order valence-electron chi connectivity index (χ4n) is 2.58. The smallest absolute Gasteiger partial charge is 0.230 e. The number of thioether (sulfide) groups is 1. The lowest BCUT2D eigenvalue weighted by Gasteiger charge is -2.11. The second-order valence-electron chi connectivity index (χ2n) is 5.10. The van der Waals surface area contributed by atoms with Crippen LogP contribution in [0, 0.1) is 5.92 Å². The molecule has 1 aliphatic carbocycles. The van der Waals surface area contributed by atoms with Gasteiger partial charge in [0.25, 0.3) is 0 Å². The normalized spacial score (nSPS) is 25.3. The van der Waals surface area contributed by atoms with Crippen LogP contribution in [-0.4, -0.2) is 36.7 Å². The maximum absolute atomic E-state index is 11.6. The summed E-state index contributed by atoms with van der Waals surface area (Å²) in [7, 11) is 0. The Morgan fingerprint density at radius 1 is 1.24 bits per heavy atom. The molecule has 0 unspecified atom stereocenters. The molecular formula is C13H23NO2S. The first kappa shape index (κ1) is 13.2. The predicted molar refractivity (Wildman–Crippen MR) is 71.3 cm³/mol. The van der Waals surface area contributed by atoms with Crippen molar-refractivity contribution >= 4 is 17.7 Å². The van der Waals surface area contributed by atoms with Gasteiger partial charge in [-0.3, -0.25) is 4.79 Å². The minimum absolute atomic E-state index is 0.170. The van der Waals surface area contributed by atoms with Crippen LogP contribution in [0.15, 0.2) is 0 Å². The lowest BCUT2D eigenvalue weighted by Crippen LogP contribution is -2.33. The third-order valence-corrected chi connectivity index (χ3v) is 4.79. The van der Waals surface area contributed by atoms with Crippen molar-refractivity contribution in [2.75, 3.05) is 24.7 Å². The number of nitrogens with one attached hydrogen (secondary N) is 1. The molecule has 3 nitrogen and oxygen atoms in total. The topological polar surface area (TPSA) is 38.3 Å². The van der Waals surface area contributed by atoms with E-state index < -0.39 is 0 Å². The number of ether oxygens (including phenoxy) is 1. The highest BCUT2D eigenvalue weighted by Gasteiger charge is 2.17. The zero-order chi connectivity index (χ0) is 11.9. The van der Waals surface area contributed by atoms with E-state index in [-0.39, 0.29) is 12.0 Å². The molecule has 0 radical (unpaired) electrons. The third-order valence-electron chi connectivity index (χ3n) is 3.61. The summed E-state index contributed by atoms with van der Waals surface area (Å²) in [6.45, 7) is 1.56. The highest BCUT2D eigenvalue weighted by molar-refractivity contribution is 7.99. The Morgan fingerprint density at radius 3 is 2.76 bits per heavy atom. The van der Waals surface area contributed by atoms with E-state index in [2.05, 4.69) is 5.32 Å². The molecule has 1 saturated heterocycles. The van der Waals surface area contributed by atoms with Crippen LogP contribution < -0.4 is 5.32 Å². The summed E-state index contributed by atoms with van der Waals surface area (Å²) >= 11 is 1.79. The molecule has 17 heavy (non-hydrogen) atoms. The molecule has 0 aromatic carbocycles. The highest BCUT2D eigenvalue weighted by Crippen LogP contribution is 2.27. The molecule has 0 bridgehead atoms. The Morgan fingerprint density at radius 2 is 2.06 bits per heavy atom. The first-order valence-electron chi connectivity index (χ1n) is 6.80. The lowest BCUT2D eigenvalue weighted by atomic mass is 10.1. The van der Waals surface area contributed by atoms with Crippen LogP contribution >= 0.6 is 11.8 Å². The molecule has 1 N–H and O–H groups in total. The van der Waals surface area contributed by atoms with Crippen LogP contribution in [0.25, 0.3) is 0 Å². The molecule has 0 spiro atoms. The first-order chi connectivity index (χ1) is 8.34. The van der Waals surface area contributed by atoms with Gasteiger partial charge in [-0.15, -0.1) is 0 Å². The summed E-state index contributed by atoms with van der Waals surface area (Å²) in [5.41, 5.74) is 0. The van der Waals surface area contributed by atoms with E-state index in [1.807, 2.05) is 0 Å². The van der Waals surface area contributed by atoms with Gasteiger partial charge in [-0.25, -0.2) is 0 Å². The van der Waals surface area contributed by atoms with E-state index in [1.165, 1.54) is 25.7 Å². The summed E-state index contributed by atoms with van der Waals surface area (Å²) in [5, 5.41) is 2.97. The SMILES string of the molecule is O=C(CSCC1CCCC1)NC[C@H]1CCCO1. The maximum Gasteiger partial charge on any atom is 0.230 e. The summed E-state index contributed by atoms with van der Waals surface area (Å²) in [6, 6.07) is 0. The van der Waals surface area contributed by atoms with Crippen molar-refractivity contribution in [2.45, 2.75) is 44.6 Å². The molecule has 98 valence electrons. The Balaban J connectivity index is 1.48. The van der Waals surface area contributed by atoms with Crippen molar-refractivity contribution in [3.63, 3.8) is 0 Å². The summed E-state index contributed by atoms with van der Waals surface area (Å²) in [4.78, 5) is 11.6. The monoisotopic (exact) mass is 257 g/mol. The van der Waals surface area contributed by atoms with Crippen molar-refractivity contribution < 1.29 is 9.53 Å². The van der Waals surface area contributed by atoms with Gasteiger partial charge in [0.05, 0.1) is 11.9 Å². The van der Waals surface area contributed by atoms with Gasteiger partial charge >= 0.3 is 0 Å². The van der Waals surface area contributed by atoms with Crippen LogP contribution in [0.4, 0.5) is 0 Å². The van der Waals surface area contributed by atoms with Crippen molar-refractivity contribution in [1.29, 1.82) is 0 Å². The second-order valence-corrected chi connectivity index (χ2v) is 6.13. The van der Waals surface area contributed by atoms with Gasteiger partial charge in [0.2, 0.25) is 5.91 Å². The third kappa shape index (κ3) is 4.88. The van der Waals surface area contributed by atoms with Gasteiger partial charge < -0.3 is 10.1 Å². The van der Waals surface area contributed by atoms with Gasteiger partial charge in [0.15, 0.2) is 0 Å². The van der Waals surface area contributed by atoms with Crippen LogP contribution in [0.3, 0.4) is 0 Å². The summed E-state index contributed by atoms with van der Waals surface area (Å²) in [5.74, 6) is 2.81. The number of hydrogen-bond donors (Lipinski definition) is 1. The molecule has 1 saturated carbocycles. The van der Waals surface area contributed by atoms with Gasteiger partial charge in [0.1, 0.15) is 0 Å². The fourth-order valence-corrected chi connectivity index (χ4v) is 3.65. The minimum Gasteiger partial charge on any atom is -0.376 e. The average Bonchev–Trinajstić information content (AvgIpc) is 2.99. The average molecular weight is 257 g/mol. The van der Waals surface area contributed by atoms with Gasteiger partial charge in [-0.05, 0) is 37.4 Å². The van der Waals surface area contributed by atoms with E-state index in [0.29, 0.717) is 12.3 Å². The Kier molecular flexibility index (Phi) is 5.65. The summed E-state index contributed by atoms with van der Waals surface area (Å²) in [6.07, 6.45) is 7.99. The largest absolute Gasteiger partial charge is 0.376 e. The van der Waals surface area contributed by atoms with Gasteiger partial charge in [-0.2, -0.15) is 11.8 Å². The molecule has 1 atom stereocenters. The van der Waals surface area contributed by atoms with Crippen molar-refractivity contribution in [1.82, 2.24) is 5.32 Å². The molecule has 1 heterocycles. The van der Waals surface area contributed by atoms with Crippen molar-refractivity contribution in [3.05, 3.63) is 0 Å². The number of amides is 1. The van der Waals surface area contributed by atoms with Crippen LogP contribution in [0.2, 0.25) is 0 Å². The maximum atomic E-state index is 11.6. The predicted octanol–water partition coefficient (Wildman–Crippen LogP) is 2.21. The van der Waals surface area contributed by atoms with E-state index in [4.69, 9.17) is 4.74 Å². The van der Waals surface area contributed by atoms with Gasteiger partial charge in [0, 0.05) is 13.2 Å². The van der Waals surface area contributed by atoms with Crippen LogP contribution in [0.1, 0.15) is 38.5 Å². The molecule has 4 heteroatoms. The fraction of sp³-hybridized carbons (Fsp3) is 0.923. The Labute approximate surface area is 108 Å². The van der Waals surface area contributed by atoms with E-state index >= 15 is 0 Å². The quantitative estimate of drug-likeness (QED) is 0.793. The molecule has 2 aliphatic rings. The molecule has 2 fully saturated rings. The van der Waals surface area contributed by atoms with Crippen LogP contribution in [-0.2, 0) is 9.53 Å². The molecular weight excluding hydrogens is 234 g/mol. The van der Waals surface area contributed by atoms with E-state index in [9.17, 15) is 4.79 Å². The summed E-state index contributed by atoms with van der Waals surface area (Å²) < 4.78 is 5.47. The molecule has 0 aromatic rings. The van der Waals surface area contributed by atoms with Crippen LogP contribution in [0.5, 0.6) is 0 Å². The number of rotatable bonds is 6. The molecule has 1 amide bonds. The van der Waals surface area contributed by atoms with E-state index in [1.54, 1.807) is 11.8 Å². The number of carbonyl (C=O) groups is 1. The molecule has 1 aliphatic heterocycles. The standard InChI is InChI=1S/C13H23NO2S/c15-13(14-8-12-6-3-7-16-12)10-17-9-11-4-1-2-5-11/h11-12H,1-10H2,(H,14,15)/t12-/m1/s1. The second kappa shape index (κ2) is 7.27. The number of hydrogen-bond acceptors (Lipinski definition) is 3. The van der Waals surface area contributed by atoms with Gasteiger partial charge in [-0.1, -0.05) is 12.8 Å². The molecule has 2 rings (SSSR count). The molecule has 0 aromatic heterocycles. The number of carbonyl (C=O) groups excluding carboxylic acids is 1. The van der Waals surface area contributed by atoms with Crippen molar-refractivity contribution in [3.8, 4) is 0 Å². The zero-order valence-electron chi connectivity index (χ0n) is 10.5. The highest BCUT2D eigenvalue weighted by atomic mass is 32.2. The Hall–Kier alpha value is -0.220.